The minimum absolute atomic E-state index is 0.328. The lowest BCUT2D eigenvalue weighted by molar-refractivity contribution is 0.102. The summed E-state index contributed by atoms with van der Waals surface area (Å²) in [4.78, 5) is 16.5. The topological polar surface area (TPSA) is 77.8 Å². The maximum atomic E-state index is 12.4. The Morgan fingerprint density at radius 2 is 1.81 bits per heavy atom. The fraction of sp³-hybridized carbons (Fsp3) is 0. The van der Waals surface area contributed by atoms with Gasteiger partial charge in [0.05, 0.1) is 39.1 Å². The van der Waals surface area contributed by atoms with Gasteiger partial charge in [0.15, 0.2) is 0 Å². The molecule has 1 heterocycles. The van der Waals surface area contributed by atoms with Crippen LogP contribution in [0.25, 0.3) is 0 Å². The minimum atomic E-state index is -0.328. The molecule has 0 atom stereocenters. The van der Waals surface area contributed by atoms with Gasteiger partial charge in [-0.1, -0.05) is 29.3 Å². The fourth-order valence-electron chi connectivity index (χ4n) is 2.24. The Hall–Kier alpha value is -3.07. The molecule has 3 aromatic rings. The van der Waals surface area contributed by atoms with Gasteiger partial charge in [-0.25, -0.2) is 0 Å². The number of nitrogens with one attached hydrogen (secondary N) is 2. The molecule has 7 heteroatoms. The summed E-state index contributed by atoms with van der Waals surface area (Å²) in [6.07, 6.45) is 3.05. The SMILES string of the molecule is N#Cc1cccc(NC(=O)c2cncc(Nc3ccc(Cl)c(Cl)c3)c2)c1. The molecule has 1 amide bonds. The van der Waals surface area contributed by atoms with Gasteiger partial charge < -0.3 is 10.6 Å². The number of aromatic nitrogens is 1. The predicted molar refractivity (Wildman–Crippen MR) is 103 cm³/mol. The van der Waals surface area contributed by atoms with Crippen molar-refractivity contribution in [2.75, 3.05) is 10.6 Å². The zero-order valence-corrected chi connectivity index (χ0v) is 14.8. The van der Waals surface area contributed by atoms with Crippen LogP contribution in [0.5, 0.6) is 0 Å². The first-order chi connectivity index (χ1) is 12.5. The molecule has 128 valence electrons. The van der Waals surface area contributed by atoms with Crippen LogP contribution in [-0.4, -0.2) is 10.9 Å². The summed E-state index contributed by atoms with van der Waals surface area (Å²) in [7, 11) is 0. The Bertz CT molecular complexity index is 1010. The third kappa shape index (κ3) is 4.31. The first-order valence-electron chi connectivity index (χ1n) is 7.54. The Kier molecular flexibility index (Phi) is 5.37. The number of hydrogen-bond acceptors (Lipinski definition) is 4. The van der Waals surface area contributed by atoms with Crippen LogP contribution in [0.15, 0.2) is 60.9 Å². The number of benzene rings is 2. The van der Waals surface area contributed by atoms with E-state index in [1.165, 1.54) is 6.20 Å². The first kappa shape index (κ1) is 17.7. The van der Waals surface area contributed by atoms with Crippen LogP contribution in [0.1, 0.15) is 15.9 Å². The van der Waals surface area contributed by atoms with Crippen molar-refractivity contribution in [1.29, 1.82) is 5.26 Å². The van der Waals surface area contributed by atoms with Crippen LogP contribution in [0, 0.1) is 11.3 Å². The van der Waals surface area contributed by atoms with Crippen LogP contribution in [0.4, 0.5) is 17.1 Å². The number of nitriles is 1. The molecule has 5 nitrogen and oxygen atoms in total. The van der Waals surface area contributed by atoms with Gasteiger partial charge in [-0.3, -0.25) is 9.78 Å². The summed E-state index contributed by atoms with van der Waals surface area (Å²) in [5.41, 5.74) is 2.73. The molecule has 0 aliphatic heterocycles. The average Bonchev–Trinajstić information content (AvgIpc) is 2.65. The standard InChI is InChI=1S/C19H12Cl2N4O/c20-17-5-4-15(8-18(17)21)24-16-7-13(10-23-11-16)19(26)25-14-3-1-2-12(6-14)9-22/h1-8,10-11,24H,(H,25,26). The highest BCUT2D eigenvalue weighted by atomic mass is 35.5. The van der Waals surface area contributed by atoms with Gasteiger partial charge in [-0.15, -0.1) is 0 Å². The van der Waals surface area contributed by atoms with Crippen LogP contribution in [0.2, 0.25) is 10.0 Å². The second kappa shape index (κ2) is 7.87. The molecule has 0 spiro atoms. The van der Waals surface area contributed by atoms with Gasteiger partial charge in [0.25, 0.3) is 5.91 Å². The monoisotopic (exact) mass is 382 g/mol. The number of carbonyl (C=O) groups excluding carboxylic acids is 1. The van der Waals surface area contributed by atoms with Gasteiger partial charge in [0, 0.05) is 17.6 Å². The fourth-order valence-corrected chi connectivity index (χ4v) is 2.54. The number of rotatable bonds is 4. The average molecular weight is 383 g/mol. The van der Waals surface area contributed by atoms with E-state index in [0.29, 0.717) is 32.5 Å². The molecular formula is C19H12Cl2N4O. The van der Waals surface area contributed by atoms with E-state index in [-0.39, 0.29) is 5.91 Å². The summed E-state index contributed by atoms with van der Waals surface area (Å²) >= 11 is 11.9. The molecule has 0 aliphatic rings. The van der Waals surface area contributed by atoms with E-state index in [9.17, 15) is 4.79 Å². The van der Waals surface area contributed by atoms with Crippen LogP contribution in [0.3, 0.4) is 0 Å². The highest BCUT2D eigenvalue weighted by molar-refractivity contribution is 6.42. The Labute approximate surface area is 160 Å². The van der Waals surface area contributed by atoms with Crippen molar-refractivity contribution in [3.8, 4) is 6.07 Å². The van der Waals surface area contributed by atoms with E-state index in [2.05, 4.69) is 15.6 Å². The van der Waals surface area contributed by atoms with E-state index in [1.807, 2.05) is 6.07 Å². The minimum Gasteiger partial charge on any atom is -0.354 e. The van der Waals surface area contributed by atoms with Gasteiger partial charge >= 0.3 is 0 Å². The summed E-state index contributed by atoms with van der Waals surface area (Å²) in [5, 5.41) is 15.7. The highest BCUT2D eigenvalue weighted by Crippen LogP contribution is 2.27. The Morgan fingerprint density at radius 1 is 0.962 bits per heavy atom. The number of amides is 1. The molecule has 2 aromatic carbocycles. The van der Waals surface area contributed by atoms with Crippen molar-refractivity contribution < 1.29 is 4.79 Å². The van der Waals surface area contributed by atoms with E-state index < -0.39 is 0 Å². The van der Waals surface area contributed by atoms with Gasteiger partial charge in [-0.05, 0) is 42.5 Å². The maximum absolute atomic E-state index is 12.4. The molecule has 0 fully saturated rings. The molecule has 0 aliphatic carbocycles. The van der Waals surface area contributed by atoms with E-state index in [1.54, 1.807) is 54.7 Å². The van der Waals surface area contributed by atoms with Crippen molar-refractivity contribution >= 4 is 46.2 Å². The molecule has 0 radical (unpaired) electrons. The van der Waals surface area contributed by atoms with Crippen LogP contribution >= 0.6 is 23.2 Å². The predicted octanol–water partition coefficient (Wildman–Crippen LogP) is 5.26. The summed E-state index contributed by atoms with van der Waals surface area (Å²) in [6, 6.07) is 15.5. The number of pyridine rings is 1. The molecule has 0 bridgehead atoms. The lowest BCUT2D eigenvalue weighted by Gasteiger charge is -2.09. The molecular weight excluding hydrogens is 371 g/mol. The quantitative estimate of drug-likeness (QED) is 0.645. The first-order valence-corrected chi connectivity index (χ1v) is 8.29. The zero-order valence-electron chi connectivity index (χ0n) is 13.3. The second-order valence-electron chi connectivity index (χ2n) is 5.36. The zero-order chi connectivity index (χ0) is 18.5. The number of halogens is 2. The maximum Gasteiger partial charge on any atom is 0.257 e. The molecule has 2 N–H and O–H groups in total. The van der Waals surface area contributed by atoms with Gasteiger partial charge in [0.1, 0.15) is 0 Å². The summed E-state index contributed by atoms with van der Waals surface area (Å²) < 4.78 is 0. The second-order valence-corrected chi connectivity index (χ2v) is 6.18. The molecule has 26 heavy (non-hydrogen) atoms. The normalized spacial score (nSPS) is 10.0. The molecule has 0 saturated heterocycles. The number of hydrogen-bond donors (Lipinski definition) is 2. The van der Waals surface area contributed by atoms with Crippen molar-refractivity contribution in [2.24, 2.45) is 0 Å². The number of anilines is 3. The number of carbonyl (C=O) groups is 1. The van der Waals surface area contributed by atoms with Crippen LogP contribution < -0.4 is 10.6 Å². The van der Waals surface area contributed by atoms with Crippen molar-refractivity contribution in [2.45, 2.75) is 0 Å². The van der Waals surface area contributed by atoms with E-state index in [4.69, 9.17) is 28.5 Å². The lowest BCUT2D eigenvalue weighted by Crippen LogP contribution is -2.12. The molecule has 1 aromatic heterocycles. The van der Waals surface area contributed by atoms with Crippen molar-refractivity contribution in [3.05, 3.63) is 82.1 Å². The Morgan fingerprint density at radius 3 is 2.58 bits per heavy atom. The lowest BCUT2D eigenvalue weighted by atomic mass is 10.2. The molecule has 0 saturated carbocycles. The summed E-state index contributed by atoms with van der Waals surface area (Å²) in [5.74, 6) is -0.328. The highest BCUT2D eigenvalue weighted by Gasteiger charge is 2.09. The molecule has 0 unspecified atom stereocenters. The smallest absolute Gasteiger partial charge is 0.257 e. The molecule has 3 rings (SSSR count). The van der Waals surface area contributed by atoms with E-state index in [0.717, 1.165) is 5.69 Å². The van der Waals surface area contributed by atoms with Crippen molar-refractivity contribution in [3.63, 3.8) is 0 Å². The number of nitrogens with zero attached hydrogens (tertiary/aromatic N) is 2. The third-order valence-electron chi connectivity index (χ3n) is 3.46. The van der Waals surface area contributed by atoms with Gasteiger partial charge in [0.2, 0.25) is 0 Å². The van der Waals surface area contributed by atoms with Crippen molar-refractivity contribution in [1.82, 2.24) is 4.98 Å². The Balaban J connectivity index is 1.76. The third-order valence-corrected chi connectivity index (χ3v) is 4.20. The van der Waals surface area contributed by atoms with Gasteiger partial charge in [-0.2, -0.15) is 5.26 Å². The van der Waals surface area contributed by atoms with Crippen LogP contribution in [-0.2, 0) is 0 Å². The largest absolute Gasteiger partial charge is 0.354 e. The van der Waals surface area contributed by atoms with E-state index >= 15 is 0 Å². The summed E-state index contributed by atoms with van der Waals surface area (Å²) in [6.45, 7) is 0.